The fraction of sp³-hybridized carbons (Fsp3) is 0.278. The first-order chi connectivity index (χ1) is 13.8. The number of allylic oxidation sites excluding steroid dienone is 3. The minimum Gasteiger partial charge on any atom is -0.480 e. The van der Waals surface area contributed by atoms with Gasteiger partial charge in [-0.1, -0.05) is 23.8 Å². The molecular formula is C18H19IN4O4S2. The molecule has 1 atom stereocenters. The summed E-state index contributed by atoms with van der Waals surface area (Å²) in [6.45, 7) is -0.415. The maximum absolute atomic E-state index is 13.0. The lowest BCUT2D eigenvalue weighted by molar-refractivity contribution is -0.137. The number of thiol groups is 1. The number of aromatic nitrogens is 3. The minimum atomic E-state index is -3.86. The van der Waals surface area contributed by atoms with Crippen molar-refractivity contribution in [3.63, 3.8) is 0 Å². The molecule has 8 nitrogen and oxygen atoms in total. The van der Waals surface area contributed by atoms with Crippen LogP contribution in [0.25, 0.3) is 0 Å². The third-order valence-electron chi connectivity index (χ3n) is 4.35. The molecule has 0 unspecified atom stereocenters. The fourth-order valence-corrected chi connectivity index (χ4v) is 4.76. The molecule has 0 fully saturated rings. The van der Waals surface area contributed by atoms with Crippen LogP contribution in [0, 0.1) is 3.57 Å². The van der Waals surface area contributed by atoms with E-state index >= 15 is 0 Å². The number of carboxylic acid groups (broad SMARTS) is 1. The van der Waals surface area contributed by atoms with Crippen LogP contribution in [0.15, 0.2) is 58.1 Å². The Hall–Kier alpha value is -1.70. The van der Waals surface area contributed by atoms with Crippen molar-refractivity contribution in [2.75, 3.05) is 0 Å². The zero-order chi connectivity index (χ0) is 21.0. The highest BCUT2D eigenvalue weighted by molar-refractivity contribution is 14.1. The molecule has 0 amide bonds. The van der Waals surface area contributed by atoms with Crippen molar-refractivity contribution in [3.8, 4) is 0 Å². The lowest BCUT2D eigenvalue weighted by atomic mass is 9.98. The summed E-state index contributed by atoms with van der Waals surface area (Å²) in [5, 5.41) is 17.2. The Labute approximate surface area is 187 Å². The van der Waals surface area contributed by atoms with Gasteiger partial charge in [-0.05, 0) is 66.1 Å². The Kier molecular flexibility index (Phi) is 7.14. The molecule has 11 heteroatoms. The Balaban J connectivity index is 1.97. The molecule has 0 aliphatic heterocycles. The summed E-state index contributed by atoms with van der Waals surface area (Å²) in [6, 6.07) is 5.67. The zero-order valence-corrected chi connectivity index (χ0v) is 19.1. The van der Waals surface area contributed by atoms with Crippen LogP contribution in [0.2, 0.25) is 0 Å². The van der Waals surface area contributed by atoms with Crippen molar-refractivity contribution >= 4 is 51.2 Å². The number of carbonyl (C=O) groups is 1. The first-order valence-electron chi connectivity index (χ1n) is 8.72. The second-order valence-corrected chi connectivity index (χ2v) is 9.82. The maximum atomic E-state index is 13.0. The number of rotatable bonds is 8. The monoisotopic (exact) mass is 546 g/mol. The molecule has 0 saturated carbocycles. The van der Waals surface area contributed by atoms with E-state index in [1.54, 1.807) is 12.1 Å². The van der Waals surface area contributed by atoms with Crippen LogP contribution in [0.1, 0.15) is 31.1 Å². The number of carboxylic acids is 1. The highest BCUT2D eigenvalue weighted by atomic mass is 127. The summed E-state index contributed by atoms with van der Waals surface area (Å²) in [6.07, 6.45) is 7.90. The smallest absolute Gasteiger partial charge is 0.323 e. The van der Waals surface area contributed by atoms with E-state index in [0.29, 0.717) is 6.42 Å². The van der Waals surface area contributed by atoms with Crippen LogP contribution in [-0.4, -0.2) is 34.3 Å². The number of nitrogens with zero attached hydrogens (tertiary/aromatic N) is 3. The molecule has 1 heterocycles. The van der Waals surface area contributed by atoms with Gasteiger partial charge >= 0.3 is 5.97 Å². The van der Waals surface area contributed by atoms with Crippen molar-refractivity contribution in [2.24, 2.45) is 0 Å². The van der Waals surface area contributed by atoms with E-state index in [4.69, 9.17) is 0 Å². The van der Waals surface area contributed by atoms with Gasteiger partial charge < -0.3 is 5.11 Å². The Morgan fingerprint density at radius 3 is 2.66 bits per heavy atom. The van der Waals surface area contributed by atoms with Gasteiger partial charge in [0.15, 0.2) is 11.0 Å². The normalized spacial score (nSPS) is 15.2. The summed E-state index contributed by atoms with van der Waals surface area (Å²) >= 11 is 6.27. The Morgan fingerprint density at radius 1 is 1.31 bits per heavy atom. The predicted octanol–water partition coefficient (Wildman–Crippen LogP) is 2.94. The van der Waals surface area contributed by atoms with E-state index in [1.807, 2.05) is 18.2 Å². The SMILES string of the molecule is O=C(O)Cn1c(S)nnc1[C@@H](CC1=CC=CCC1)NS(=O)(=O)c1ccc(I)cc1. The quantitative estimate of drug-likeness (QED) is 0.347. The second kappa shape index (κ2) is 9.41. The maximum Gasteiger partial charge on any atom is 0.323 e. The van der Waals surface area contributed by atoms with Crippen molar-refractivity contribution in [1.82, 2.24) is 19.5 Å². The number of sulfonamides is 1. The van der Waals surface area contributed by atoms with E-state index in [0.717, 1.165) is 22.0 Å². The third-order valence-corrected chi connectivity index (χ3v) is 6.89. The molecule has 1 aromatic heterocycles. The van der Waals surface area contributed by atoms with Gasteiger partial charge in [-0.3, -0.25) is 9.36 Å². The van der Waals surface area contributed by atoms with Crippen molar-refractivity contribution in [2.45, 2.75) is 41.9 Å². The van der Waals surface area contributed by atoms with Gasteiger partial charge in [0.1, 0.15) is 6.54 Å². The molecule has 2 N–H and O–H groups in total. The number of benzene rings is 1. The Bertz CT molecular complexity index is 1060. The average Bonchev–Trinajstić information content (AvgIpc) is 3.02. The molecular weight excluding hydrogens is 527 g/mol. The van der Waals surface area contributed by atoms with Gasteiger partial charge in [-0.25, -0.2) is 13.1 Å². The van der Waals surface area contributed by atoms with Gasteiger partial charge in [0.25, 0.3) is 0 Å². The number of aliphatic carboxylic acids is 1. The Morgan fingerprint density at radius 2 is 2.03 bits per heavy atom. The molecule has 1 aliphatic rings. The van der Waals surface area contributed by atoms with Crippen molar-refractivity contribution < 1.29 is 18.3 Å². The summed E-state index contributed by atoms with van der Waals surface area (Å²) < 4.78 is 30.8. The highest BCUT2D eigenvalue weighted by Gasteiger charge is 2.28. The molecule has 1 aliphatic carbocycles. The van der Waals surface area contributed by atoms with E-state index < -0.39 is 28.6 Å². The number of nitrogens with one attached hydrogen (secondary N) is 1. The van der Waals surface area contributed by atoms with Crippen LogP contribution in [0.3, 0.4) is 0 Å². The first kappa shape index (κ1) is 22.0. The van der Waals surface area contributed by atoms with Crippen LogP contribution >= 0.6 is 35.2 Å². The lowest BCUT2D eigenvalue weighted by Gasteiger charge is -2.21. The summed E-state index contributed by atoms with van der Waals surface area (Å²) in [5.41, 5.74) is 1.04. The summed E-state index contributed by atoms with van der Waals surface area (Å²) in [4.78, 5) is 11.4. The molecule has 0 bridgehead atoms. The molecule has 3 rings (SSSR count). The number of hydrogen-bond acceptors (Lipinski definition) is 6. The van der Waals surface area contributed by atoms with Crippen molar-refractivity contribution in [1.29, 1.82) is 0 Å². The molecule has 1 aromatic carbocycles. The van der Waals surface area contributed by atoms with E-state index in [-0.39, 0.29) is 15.9 Å². The van der Waals surface area contributed by atoms with Crippen LogP contribution in [0.5, 0.6) is 0 Å². The van der Waals surface area contributed by atoms with E-state index in [2.05, 4.69) is 50.1 Å². The summed E-state index contributed by atoms with van der Waals surface area (Å²) in [7, 11) is -3.86. The third kappa shape index (κ3) is 5.68. The second-order valence-electron chi connectivity index (χ2n) is 6.46. The summed E-state index contributed by atoms with van der Waals surface area (Å²) in [5.74, 6) is -0.887. The van der Waals surface area contributed by atoms with Crippen LogP contribution in [-0.2, 0) is 21.4 Å². The molecule has 0 radical (unpaired) electrons. The number of hydrogen-bond donors (Lipinski definition) is 3. The van der Waals surface area contributed by atoms with Gasteiger partial charge in [0.05, 0.1) is 10.9 Å². The molecule has 154 valence electrons. The molecule has 0 spiro atoms. The topological polar surface area (TPSA) is 114 Å². The largest absolute Gasteiger partial charge is 0.480 e. The van der Waals surface area contributed by atoms with Gasteiger partial charge in [-0.15, -0.1) is 22.8 Å². The van der Waals surface area contributed by atoms with Gasteiger partial charge in [0, 0.05) is 3.57 Å². The molecule has 2 aromatic rings. The zero-order valence-electron chi connectivity index (χ0n) is 15.2. The van der Waals surface area contributed by atoms with E-state index in [9.17, 15) is 18.3 Å². The van der Waals surface area contributed by atoms with Gasteiger partial charge in [-0.2, -0.15) is 0 Å². The van der Waals surface area contributed by atoms with E-state index in [1.165, 1.54) is 16.7 Å². The average molecular weight is 546 g/mol. The number of halogens is 1. The van der Waals surface area contributed by atoms with Gasteiger partial charge in [0.2, 0.25) is 10.0 Å². The molecule has 29 heavy (non-hydrogen) atoms. The minimum absolute atomic E-state index is 0.110. The van der Waals surface area contributed by atoms with Crippen molar-refractivity contribution in [3.05, 3.63) is 57.5 Å². The molecule has 0 saturated heterocycles. The first-order valence-corrected chi connectivity index (χ1v) is 11.7. The van der Waals surface area contributed by atoms with Crippen LogP contribution < -0.4 is 4.72 Å². The predicted molar refractivity (Wildman–Crippen MR) is 118 cm³/mol. The lowest BCUT2D eigenvalue weighted by Crippen LogP contribution is -2.32. The van der Waals surface area contributed by atoms with Crippen LogP contribution in [0.4, 0.5) is 0 Å². The highest BCUT2D eigenvalue weighted by Crippen LogP contribution is 2.28. The standard InChI is InChI=1S/C18H19IN4O4S2/c19-13-6-8-14(9-7-13)29(26,27)22-15(10-12-4-2-1-3-5-12)17-20-21-18(28)23(17)11-16(24)25/h1-2,4,6-9,15,22H,3,5,10-11H2,(H,21,28)(H,24,25)/t15-/m1/s1. The fourth-order valence-electron chi connectivity index (χ4n) is 2.99.